The molecule has 160 valence electrons. The van der Waals surface area contributed by atoms with E-state index in [0.717, 1.165) is 17.5 Å². The molecule has 0 unspecified atom stereocenters. The summed E-state index contributed by atoms with van der Waals surface area (Å²) in [4.78, 5) is 0. The summed E-state index contributed by atoms with van der Waals surface area (Å²) >= 11 is 1.69. The van der Waals surface area contributed by atoms with Crippen LogP contribution in [0.2, 0.25) is 0 Å². The van der Waals surface area contributed by atoms with Crippen molar-refractivity contribution in [3.8, 4) is 0 Å². The van der Waals surface area contributed by atoms with Crippen molar-refractivity contribution in [3.63, 3.8) is 0 Å². The Balaban J connectivity index is 0.000000285. The molecule has 0 N–H and O–H groups in total. The molecule has 3 aromatic carbocycles. The van der Waals surface area contributed by atoms with E-state index in [9.17, 15) is 0 Å². The molecule has 1 saturated carbocycles. The maximum atomic E-state index is 3.82. The van der Waals surface area contributed by atoms with Gasteiger partial charge in [0.2, 0.25) is 0 Å². The SMILES string of the molecule is C=Cc1ccc2[cH-]c3ccc(C=C)cc3c2c1.[C-]1=CC=CC1.[Cl-].[Cl-].[Zr+2]=[C]1CCCCC1. The Bertz CT molecular complexity index is 989. The van der Waals surface area contributed by atoms with Crippen molar-refractivity contribution in [1.29, 1.82) is 0 Å². The summed E-state index contributed by atoms with van der Waals surface area (Å²) in [5.41, 5.74) is 2.32. The number of halogens is 2. The first-order valence-corrected chi connectivity index (χ1v) is 11.6. The van der Waals surface area contributed by atoms with Crippen LogP contribution in [0.3, 0.4) is 0 Å². The Kier molecular flexibility index (Phi) is 13.0. The molecule has 2 aliphatic rings. The minimum atomic E-state index is 0. The average molecular weight is 527 g/mol. The third-order valence-electron chi connectivity index (χ3n) is 5.27. The van der Waals surface area contributed by atoms with Gasteiger partial charge in [-0.05, 0) is 11.1 Å². The normalized spacial score (nSPS) is 13.9. The maximum absolute atomic E-state index is 3.82. The van der Waals surface area contributed by atoms with Crippen molar-refractivity contribution >= 4 is 36.9 Å². The summed E-state index contributed by atoms with van der Waals surface area (Å²) in [6.07, 6.45) is 21.1. The van der Waals surface area contributed by atoms with Gasteiger partial charge in [0, 0.05) is 0 Å². The van der Waals surface area contributed by atoms with Crippen LogP contribution in [0.1, 0.15) is 49.7 Å². The minimum absolute atomic E-state index is 0. The molecule has 5 rings (SSSR count). The molecule has 0 saturated heterocycles. The summed E-state index contributed by atoms with van der Waals surface area (Å²) in [5, 5.41) is 5.15. The van der Waals surface area contributed by atoms with E-state index in [1.54, 1.807) is 27.4 Å². The van der Waals surface area contributed by atoms with Crippen LogP contribution >= 0.6 is 0 Å². The van der Waals surface area contributed by atoms with Crippen LogP contribution in [-0.2, 0) is 24.2 Å². The quantitative estimate of drug-likeness (QED) is 0.448. The molecule has 3 heteroatoms. The van der Waals surface area contributed by atoms with E-state index in [1.807, 2.05) is 24.3 Å². The fraction of sp³-hybridized carbons (Fsp3) is 0.214. The van der Waals surface area contributed by atoms with Gasteiger partial charge in [-0.2, -0.15) is 6.08 Å². The van der Waals surface area contributed by atoms with Gasteiger partial charge in [-0.1, -0.05) is 49.6 Å². The number of benzene rings is 2. The fourth-order valence-electron chi connectivity index (χ4n) is 3.61. The zero-order valence-corrected chi connectivity index (χ0v) is 21.8. The van der Waals surface area contributed by atoms with Crippen LogP contribution in [0.5, 0.6) is 0 Å². The molecule has 2 aliphatic carbocycles. The number of rotatable bonds is 2. The van der Waals surface area contributed by atoms with Gasteiger partial charge in [0.15, 0.2) is 0 Å². The Morgan fingerprint density at radius 3 is 1.71 bits per heavy atom. The van der Waals surface area contributed by atoms with Gasteiger partial charge in [0.25, 0.3) is 0 Å². The Hall–Kier alpha value is -1.40. The topological polar surface area (TPSA) is 0 Å². The van der Waals surface area contributed by atoms with E-state index in [-0.39, 0.29) is 24.8 Å². The van der Waals surface area contributed by atoms with E-state index in [1.165, 1.54) is 53.6 Å². The fourth-order valence-corrected chi connectivity index (χ4v) is 4.48. The third-order valence-corrected chi connectivity index (χ3v) is 6.50. The van der Waals surface area contributed by atoms with Gasteiger partial charge in [0.05, 0.1) is 0 Å². The van der Waals surface area contributed by atoms with Crippen molar-refractivity contribution in [2.75, 3.05) is 0 Å². The summed E-state index contributed by atoms with van der Waals surface area (Å²) in [5.74, 6) is 0. The van der Waals surface area contributed by atoms with Crippen LogP contribution in [-0.4, -0.2) is 3.21 Å². The second-order valence-electron chi connectivity index (χ2n) is 7.41. The van der Waals surface area contributed by atoms with Crippen LogP contribution in [0.4, 0.5) is 0 Å². The van der Waals surface area contributed by atoms with E-state index in [4.69, 9.17) is 0 Å². The molecule has 0 aliphatic heterocycles. The molecule has 31 heavy (non-hydrogen) atoms. The Morgan fingerprint density at radius 1 is 0.839 bits per heavy atom. The molecule has 0 aromatic heterocycles. The standard InChI is InChI=1S/C17H13.C6H10.C5H5.2ClH.Zr/c1-3-12-5-7-14-11-15-8-6-13(4-2)10-17(15)16(14)9-12;1-2-4-6-5-3-1;1-2-4-5-3-1;;;/h3-11H,1-2H2;1-5H2;1-3H,4H2;2*1H;/q-1;;-1;;;+2/p-2. The van der Waals surface area contributed by atoms with Crippen molar-refractivity contribution in [1.82, 2.24) is 0 Å². The predicted molar refractivity (Wildman–Crippen MR) is 127 cm³/mol. The van der Waals surface area contributed by atoms with Gasteiger partial charge in [-0.25, -0.2) is 12.2 Å². The Labute approximate surface area is 214 Å². The molecular formula is C28H28Cl2Zr-2. The first-order chi connectivity index (χ1) is 14.2. The van der Waals surface area contributed by atoms with E-state index < -0.39 is 0 Å². The van der Waals surface area contributed by atoms with E-state index >= 15 is 0 Å². The summed E-state index contributed by atoms with van der Waals surface area (Å²) in [6.45, 7) is 7.64. The second kappa shape index (κ2) is 14.6. The number of hydrogen-bond donors (Lipinski definition) is 0. The molecule has 0 nitrogen and oxygen atoms in total. The first kappa shape index (κ1) is 27.6. The molecule has 0 heterocycles. The summed E-state index contributed by atoms with van der Waals surface area (Å²) in [6, 6.07) is 15.1. The number of fused-ring (bicyclic) bond motifs is 3. The van der Waals surface area contributed by atoms with Gasteiger partial charge < -0.3 is 24.8 Å². The first-order valence-electron chi connectivity index (χ1n) is 10.4. The molecule has 1 fully saturated rings. The van der Waals surface area contributed by atoms with Crippen molar-refractivity contribution in [2.24, 2.45) is 0 Å². The van der Waals surface area contributed by atoms with Crippen molar-refractivity contribution in [2.45, 2.75) is 38.5 Å². The van der Waals surface area contributed by atoms with Crippen LogP contribution in [0.25, 0.3) is 33.7 Å². The van der Waals surface area contributed by atoms with Gasteiger partial charge in [0.1, 0.15) is 0 Å². The molecule has 0 spiro atoms. The molecule has 0 radical (unpaired) electrons. The predicted octanol–water partition coefficient (Wildman–Crippen LogP) is 1.98. The molecule has 0 amide bonds. The summed E-state index contributed by atoms with van der Waals surface area (Å²) < 4.78 is 1.80. The zero-order chi connectivity index (χ0) is 20.5. The van der Waals surface area contributed by atoms with Crippen LogP contribution < -0.4 is 24.8 Å². The summed E-state index contributed by atoms with van der Waals surface area (Å²) in [7, 11) is 0. The number of allylic oxidation sites excluding steroid dienone is 4. The van der Waals surface area contributed by atoms with Gasteiger partial charge in [-0.15, -0.1) is 46.2 Å². The average Bonchev–Trinajstić information content (AvgIpc) is 3.45. The third kappa shape index (κ3) is 8.23. The van der Waals surface area contributed by atoms with Crippen LogP contribution in [0.15, 0.2) is 73.9 Å². The Morgan fingerprint density at radius 2 is 1.39 bits per heavy atom. The number of hydrogen-bond acceptors (Lipinski definition) is 0. The molecular weight excluding hydrogens is 498 g/mol. The van der Waals surface area contributed by atoms with Crippen LogP contribution in [0, 0.1) is 6.08 Å². The van der Waals surface area contributed by atoms with E-state index in [0.29, 0.717) is 0 Å². The van der Waals surface area contributed by atoms with Gasteiger partial charge in [-0.3, -0.25) is 6.08 Å². The van der Waals surface area contributed by atoms with E-state index in [2.05, 4.69) is 67.8 Å². The van der Waals surface area contributed by atoms with Crippen molar-refractivity contribution in [3.05, 3.63) is 91.1 Å². The monoisotopic (exact) mass is 524 g/mol. The van der Waals surface area contributed by atoms with Crippen molar-refractivity contribution < 1.29 is 49.0 Å². The molecule has 3 aromatic rings. The zero-order valence-electron chi connectivity index (χ0n) is 17.8. The second-order valence-corrected chi connectivity index (χ2v) is 9.15. The molecule has 0 bridgehead atoms. The van der Waals surface area contributed by atoms with Gasteiger partial charge >= 0.3 is 59.5 Å². The molecule has 0 atom stereocenters.